The average molecular weight is 302 g/mol. The number of benzene rings is 1. The van der Waals surface area contributed by atoms with Crippen LogP contribution in [-0.2, 0) is 11.2 Å². The Kier molecular flexibility index (Phi) is 4.98. The van der Waals surface area contributed by atoms with Crippen molar-refractivity contribution in [1.82, 2.24) is 9.80 Å². The number of ether oxygens (including phenoxy) is 1. The van der Waals surface area contributed by atoms with Crippen molar-refractivity contribution in [2.24, 2.45) is 5.92 Å². The number of rotatable bonds is 6. The number of carbonyl (C=O) groups excluding carboxylic acids is 1. The summed E-state index contributed by atoms with van der Waals surface area (Å²) < 4.78 is 5.43. The molecule has 1 amide bonds. The highest BCUT2D eigenvalue weighted by Gasteiger charge is 2.27. The highest BCUT2D eigenvalue weighted by molar-refractivity contribution is 5.78. The van der Waals surface area contributed by atoms with Gasteiger partial charge in [0, 0.05) is 32.7 Å². The van der Waals surface area contributed by atoms with E-state index in [1.54, 1.807) is 0 Å². The summed E-state index contributed by atoms with van der Waals surface area (Å²) in [5.41, 5.74) is 1.06. The van der Waals surface area contributed by atoms with Crippen molar-refractivity contribution in [3.63, 3.8) is 0 Å². The van der Waals surface area contributed by atoms with Crippen LogP contribution in [0.3, 0.4) is 0 Å². The lowest BCUT2D eigenvalue weighted by Crippen LogP contribution is -2.49. The zero-order valence-electron chi connectivity index (χ0n) is 13.5. The molecule has 2 fully saturated rings. The second-order valence-electron chi connectivity index (χ2n) is 6.38. The van der Waals surface area contributed by atoms with Crippen molar-refractivity contribution in [2.75, 3.05) is 39.3 Å². The van der Waals surface area contributed by atoms with Crippen LogP contribution in [0.25, 0.3) is 0 Å². The van der Waals surface area contributed by atoms with Gasteiger partial charge in [-0.2, -0.15) is 0 Å². The van der Waals surface area contributed by atoms with Gasteiger partial charge >= 0.3 is 0 Å². The van der Waals surface area contributed by atoms with Crippen LogP contribution in [0.4, 0.5) is 0 Å². The summed E-state index contributed by atoms with van der Waals surface area (Å²) in [5, 5.41) is 0. The largest absolute Gasteiger partial charge is 0.494 e. The topological polar surface area (TPSA) is 32.8 Å². The molecule has 0 unspecified atom stereocenters. The monoisotopic (exact) mass is 302 g/mol. The van der Waals surface area contributed by atoms with Crippen molar-refractivity contribution in [3.05, 3.63) is 29.8 Å². The highest BCUT2D eigenvalue weighted by atomic mass is 16.5. The van der Waals surface area contributed by atoms with E-state index in [2.05, 4.69) is 4.90 Å². The molecule has 1 saturated carbocycles. The fraction of sp³-hybridized carbons (Fsp3) is 0.611. The van der Waals surface area contributed by atoms with Crippen molar-refractivity contribution >= 4 is 5.91 Å². The predicted molar refractivity (Wildman–Crippen MR) is 87.1 cm³/mol. The molecule has 1 aliphatic carbocycles. The molecule has 120 valence electrons. The van der Waals surface area contributed by atoms with E-state index < -0.39 is 0 Å². The molecule has 0 atom stereocenters. The molecular formula is C18H26N2O2. The number of nitrogens with zero attached hydrogens (tertiary/aromatic N) is 2. The molecule has 4 heteroatoms. The van der Waals surface area contributed by atoms with E-state index in [0.717, 1.165) is 43.4 Å². The summed E-state index contributed by atoms with van der Waals surface area (Å²) in [5.74, 6) is 2.05. The SMILES string of the molecule is CCOc1ccc(CC(=O)N2CCN(CC3CC3)CC2)cc1. The third-order valence-corrected chi connectivity index (χ3v) is 4.53. The van der Waals surface area contributed by atoms with E-state index in [-0.39, 0.29) is 5.91 Å². The van der Waals surface area contributed by atoms with Crippen LogP contribution in [0, 0.1) is 5.92 Å². The van der Waals surface area contributed by atoms with Gasteiger partial charge in [-0.25, -0.2) is 0 Å². The molecule has 0 bridgehead atoms. The van der Waals surface area contributed by atoms with E-state index in [4.69, 9.17) is 4.74 Å². The van der Waals surface area contributed by atoms with Gasteiger partial charge in [-0.3, -0.25) is 9.69 Å². The predicted octanol–water partition coefficient (Wildman–Crippen LogP) is 2.18. The number of hydrogen-bond donors (Lipinski definition) is 0. The lowest BCUT2D eigenvalue weighted by Gasteiger charge is -2.34. The third-order valence-electron chi connectivity index (χ3n) is 4.53. The summed E-state index contributed by atoms with van der Waals surface area (Å²) in [6, 6.07) is 7.87. The van der Waals surface area contributed by atoms with Crippen LogP contribution in [-0.4, -0.2) is 55.0 Å². The molecule has 1 saturated heterocycles. The summed E-state index contributed by atoms with van der Waals surface area (Å²) in [7, 11) is 0. The minimum atomic E-state index is 0.246. The van der Waals surface area contributed by atoms with Crippen LogP contribution in [0.5, 0.6) is 5.75 Å². The Morgan fingerprint density at radius 3 is 2.41 bits per heavy atom. The first-order valence-electron chi connectivity index (χ1n) is 8.46. The first-order valence-corrected chi connectivity index (χ1v) is 8.46. The van der Waals surface area contributed by atoms with E-state index in [1.807, 2.05) is 36.1 Å². The number of hydrogen-bond acceptors (Lipinski definition) is 3. The fourth-order valence-corrected chi connectivity index (χ4v) is 3.00. The summed E-state index contributed by atoms with van der Waals surface area (Å²) in [6.45, 7) is 7.70. The molecule has 1 aliphatic heterocycles. The normalized spacial score (nSPS) is 19.2. The average Bonchev–Trinajstić information content (AvgIpc) is 3.34. The van der Waals surface area contributed by atoms with Crippen LogP contribution in [0.2, 0.25) is 0 Å². The van der Waals surface area contributed by atoms with Gasteiger partial charge in [0.1, 0.15) is 5.75 Å². The van der Waals surface area contributed by atoms with Gasteiger partial charge in [-0.15, -0.1) is 0 Å². The molecule has 2 aliphatic rings. The third kappa shape index (κ3) is 4.23. The van der Waals surface area contributed by atoms with Gasteiger partial charge in [-0.05, 0) is 43.4 Å². The van der Waals surface area contributed by atoms with Gasteiger partial charge in [0.25, 0.3) is 0 Å². The lowest BCUT2D eigenvalue weighted by molar-refractivity contribution is -0.132. The molecule has 0 N–H and O–H groups in total. The molecule has 1 aromatic rings. The van der Waals surface area contributed by atoms with Gasteiger partial charge in [0.15, 0.2) is 0 Å². The number of carbonyl (C=O) groups is 1. The van der Waals surface area contributed by atoms with Crippen LogP contribution < -0.4 is 4.74 Å². The van der Waals surface area contributed by atoms with Crippen LogP contribution in [0.15, 0.2) is 24.3 Å². The van der Waals surface area contributed by atoms with Crippen LogP contribution in [0.1, 0.15) is 25.3 Å². The molecule has 22 heavy (non-hydrogen) atoms. The maximum Gasteiger partial charge on any atom is 0.227 e. The van der Waals surface area contributed by atoms with Gasteiger partial charge in [0.2, 0.25) is 5.91 Å². The van der Waals surface area contributed by atoms with E-state index in [1.165, 1.54) is 19.4 Å². The van der Waals surface area contributed by atoms with Crippen molar-refractivity contribution in [1.29, 1.82) is 0 Å². The highest BCUT2D eigenvalue weighted by Crippen LogP contribution is 2.29. The standard InChI is InChI=1S/C18H26N2O2/c1-2-22-17-7-5-15(6-8-17)13-18(21)20-11-9-19(10-12-20)14-16-3-4-16/h5-8,16H,2-4,9-14H2,1H3. The van der Waals surface area contributed by atoms with Gasteiger partial charge < -0.3 is 9.64 Å². The summed E-state index contributed by atoms with van der Waals surface area (Å²) in [6.07, 6.45) is 3.29. The maximum absolute atomic E-state index is 12.4. The smallest absolute Gasteiger partial charge is 0.227 e. The van der Waals surface area contributed by atoms with Crippen molar-refractivity contribution in [3.8, 4) is 5.75 Å². The summed E-state index contributed by atoms with van der Waals surface area (Å²) in [4.78, 5) is 16.9. The second kappa shape index (κ2) is 7.14. The molecule has 0 spiro atoms. The Balaban J connectivity index is 1.45. The molecule has 1 heterocycles. The molecular weight excluding hydrogens is 276 g/mol. The van der Waals surface area contributed by atoms with Crippen molar-refractivity contribution < 1.29 is 9.53 Å². The molecule has 3 rings (SSSR count). The molecule has 1 aromatic carbocycles. The van der Waals surface area contributed by atoms with Gasteiger partial charge in [-0.1, -0.05) is 12.1 Å². The quantitative estimate of drug-likeness (QED) is 0.807. The van der Waals surface area contributed by atoms with E-state index >= 15 is 0 Å². The summed E-state index contributed by atoms with van der Waals surface area (Å²) >= 11 is 0. The Bertz CT molecular complexity index is 488. The zero-order chi connectivity index (χ0) is 15.4. The van der Waals surface area contributed by atoms with Crippen LogP contribution >= 0.6 is 0 Å². The fourth-order valence-electron chi connectivity index (χ4n) is 3.00. The molecule has 4 nitrogen and oxygen atoms in total. The lowest BCUT2D eigenvalue weighted by atomic mass is 10.1. The first kappa shape index (κ1) is 15.3. The van der Waals surface area contributed by atoms with E-state index in [0.29, 0.717) is 13.0 Å². The number of amides is 1. The Morgan fingerprint density at radius 2 is 1.82 bits per heavy atom. The Hall–Kier alpha value is -1.55. The second-order valence-corrected chi connectivity index (χ2v) is 6.38. The Morgan fingerprint density at radius 1 is 1.14 bits per heavy atom. The van der Waals surface area contributed by atoms with Crippen molar-refractivity contribution in [2.45, 2.75) is 26.2 Å². The minimum Gasteiger partial charge on any atom is -0.494 e. The Labute approximate surface area is 133 Å². The first-order chi connectivity index (χ1) is 10.7. The van der Waals surface area contributed by atoms with E-state index in [9.17, 15) is 4.79 Å². The number of piperazine rings is 1. The minimum absolute atomic E-state index is 0.246. The maximum atomic E-state index is 12.4. The molecule has 0 aromatic heterocycles. The zero-order valence-corrected chi connectivity index (χ0v) is 13.5. The molecule has 0 radical (unpaired) electrons. The van der Waals surface area contributed by atoms with Gasteiger partial charge in [0.05, 0.1) is 13.0 Å².